The number of ether oxygens (including phenoxy) is 1. The molecule has 21 heavy (non-hydrogen) atoms. The van der Waals surface area contributed by atoms with Crippen molar-refractivity contribution in [3.8, 4) is 0 Å². The van der Waals surface area contributed by atoms with Gasteiger partial charge >= 0.3 is 5.97 Å². The predicted octanol–water partition coefficient (Wildman–Crippen LogP) is -0.166. The van der Waals surface area contributed by atoms with E-state index in [0.717, 1.165) is 6.20 Å². The van der Waals surface area contributed by atoms with Gasteiger partial charge in [0, 0.05) is 6.54 Å². The zero-order chi connectivity index (χ0) is 16.0. The first-order chi connectivity index (χ1) is 9.84. The molecule has 0 amide bonds. The zero-order valence-corrected chi connectivity index (χ0v) is 11.9. The van der Waals surface area contributed by atoms with Crippen LogP contribution in [-0.2, 0) is 14.8 Å². The van der Waals surface area contributed by atoms with E-state index in [1.54, 1.807) is 0 Å². The van der Waals surface area contributed by atoms with E-state index in [2.05, 4.69) is 14.9 Å². The second-order valence-electron chi connectivity index (χ2n) is 3.81. The normalized spacial score (nSPS) is 12.1. The molecule has 0 saturated carbocycles. The number of nitrogens with one attached hydrogen (secondary N) is 1. The van der Waals surface area contributed by atoms with Crippen LogP contribution in [0.1, 0.15) is 17.3 Å². The Bertz CT molecular complexity index is 575. The van der Waals surface area contributed by atoms with Crippen molar-refractivity contribution < 1.29 is 31.8 Å². The van der Waals surface area contributed by atoms with E-state index in [1.807, 2.05) is 0 Å². The molecule has 0 spiro atoms. The molecule has 1 aromatic heterocycles. The van der Waals surface area contributed by atoms with Gasteiger partial charge in [-0.1, -0.05) is 0 Å². The molecule has 0 atom stereocenters. The highest BCUT2D eigenvalue weighted by Crippen LogP contribution is 2.19. The monoisotopic (exact) mass is 327 g/mol. The number of aliphatic hydroxyl groups is 1. The highest BCUT2D eigenvalue weighted by Gasteiger charge is 2.32. The Morgan fingerprint density at radius 1 is 1.57 bits per heavy atom. The van der Waals surface area contributed by atoms with Crippen molar-refractivity contribution in [3.63, 3.8) is 0 Å². The van der Waals surface area contributed by atoms with E-state index in [-0.39, 0.29) is 12.2 Å². The van der Waals surface area contributed by atoms with Crippen LogP contribution in [0.3, 0.4) is 0 Å². The van der Waals surface area contributed by atoms with Crippen LogP contribution in [0.15, 0.2) is 11.2 Å². The van der Waals surface area contributed by atoms with Gasteiger partial charge in [0.05, 0.1) is 26.0 Å². The summed E-state index contributed by atoms with van der Waals surface area (Å²) in [6.07, 6.45) is -2.00. The Morgan fingerprint density at radius 3 is 2.76 bits per heavy atom. The van der Waals surface area contributed by atoms with Gasteiger partial charge in [-0.2, -0.15) is 9.40 Å². The maximum atomic E-state index is 12.5. The molecule has 0 aliphatic heterocycles. The maximum Gasteiger partial charge on any atom is 0.342 e. The third-order valence-electron chi connectivity index (χ3n) is 2.39. The summed E-state index contributed by atoms with van der Waals surface area (Å²) >= 11 is 0. The standard InChI is InChI=1S/C10H15F2N3O5S/c1-2-20-10(17)7-5-13-14-9(7)21(18,19)15(3-4-16)6-8(11)12/h5,8,16H,2-4,6H2,1H3,(H,13,14). The molecule has 1 aromatic rings. The van der Waals surface area contributed by atoms with E-state index in [0.29, 0.717) is 4.31 Å². The second-order valence-corrected chi connectivity index (χ2v) is 5.69. The highest BCUT2D eigenvalue weighted by molar-refractivity contribution is 7.89. The summed E-state index contributed by atoms with van der Waals surface area (Å²) in [6.45, 7) is -0.741. The van der Waals surface area contributed by atoms with Gasteiger partial charge in [0.1, 0.15) is 5.56 Å². The largest absolute Gasteiger partial charge is 0.462 e. The van der Waals surface area contributed by atoms with Gasteiger partial charge in [-0.3, -0.25) is 5.10 Å². The fraction of sp³-hybridized carbons (Fsp3) is 0.600. The summed E-state index contributed by atoms with van der Waals surface area (Å²) in [4.78, 5) is 11.6. The average Bonchev–Trinajstić information content (AvgIpc) is 2.88. The van der Waals surface area contributed by atoms with E-state index in [9.17, 15) is 22.0 Å². The smallest absolute Gasteiger partial charge is 0.342 e. The number of rotatable bonds is 8. The number of nitrogens with zero attached hydrogens (tertiary/aromatic N) is 2. The lowest BCUT2D eigenvalue weighted by molar-refractivity contribution is 0.0521. The van der Waals surface area contributed by atoms with Crippen molar-refractivity contribution in [1.82, 2.24) is 14.5 Å². The van der Waals surface area contributed by atoms with Crippen LogP contribution in [-0.4, -0.2) is 66.7 Å². The Balaban J connectivity index is 3.17. The third-order valence-corrected chi connectivity index (χ3v) is 4.23. The summed E-state index contributed by atoms with van der Waals surface area (Å²) in [5, 5.41) is 13.7. The molecule has 0 saturated heterocycles. The van der Waals surface area contributed by atoms with Gasteiger partial charge < -0.3 is 9.84 Å². The van der Waals surface area contributed by atoms with Crippen molar-refractivity contribution in [1.29, 1.82) is 0 Å². The highest BCUT2D eigenvalue weighted by atomic mass is 32.2. The fourth-order valence-corrected chi connectivity index (χ4v) is 3.00. The average molecular weight is 327 g/mol. The molecule has 1 rings (SSSR count). The van der Waals surface area contributed by atoms with E-state index < -0.39 is 47.1 Å². The summed E-state index contributed by atoms with van der Waals surface area (Å²) in [5.41, 5.74) is -0.381. The fourth-order valence-electron chi connectivity index (χ4n) is 1.53. The van der Waals surface area contributed by atoms with Gasteiger partial charge in [-0.25, -0.2) is 22.0 Å². The summed E-state index contributed by atoms with van der Waals surface area (Å²) < 4.78 is 54.4. The molecule has 2 N–H and O–H groups in total. The molecule has 0 unspecified atom stereocenters. The molecule has 0 bridgehead atoms. The van der Waals surface area contributed by atoms with Gasteiger partial charge in [0.25, 0.3) is 16.4 Å². The molecule has 0 aliphatic carbocycles. The lowest BCUT2D eigenvalue weighted by atomic mass is 10.4. The zero-order valence-electron chi connectivity index (χ0n) is 11.1. The Labute approximate surface area is 119 Å². The Hall–Kier alpha value is -1.59. The van der Waals surface area contributed by atoms with Crippen LogP contribution in [0.2, 0.25) is 0 Å². The number of aromatic amines is 1. The summed E-state index contributed by atoms with van der Waals surface area (Å²) in [5.74, 6) is -0.939. The molecule has 8 nitrogen and oxygen atoms in total. The van der Waals surface area contributed by atoms with Crippen molar-refractivity contribution in [2.75, 3.05) is 26.3 Å². The first kappa shape index (κ1) is 17.5. The Kier molecular flexibility index (Phi) is 6.18. The van der Waals surface area contributed by atoms with Crippen molar-refractivity contribution >= 4 is 16.0 Å². The second kappa shape index (κ2) is 7.43. The van der Waals surface area contributed by atoms with Gasteiger partial charge in [0.15, 0.2) is 5.03 Å². The van der Waals surface area contributed by atoms with E-state index in [4.69, 9.17) is 5.11 Å². The van der Waals surface area contributed by atoms with Crippen LogP contribution in [0.4, 0.5) is 8.78 Å². The maximum absolute atomic E-state index is 12.5. The number of esters is 1. The molecule has 0 aliphatic rings. The van der Waals surface area contributed by atoms with E-state index in [1.165, 1.54) is 6.92 Å². The van der Waals surface area contributed by atoms with Crippen LogP contribution >= 0.6 is 0 Å². The molecule has 11 heteroatoms. The number of hydrogen-bond acceptors (Lipinski definition) is 6. The molecule has 0 fully saturated rings. The van der Waals surface area contributed by atoms with Crippen molar-refractivity contribution in [2.24, 2.45) is 0 Å². The van der Waals surface area contributed by atoms with Gasteiger partial charge in [-0.05, 0) is 6.92 Å². The van der Waals surface area contributed by atoms with Crippen molar-refractivity contribution in [2.45, 2.75) is 18.4 Å². The molecule has 0 aromatic carbocycles. The third kappa shape index (κ3) is 4.19. The number of hydrogen-bond donors (Lipinski definition) is 2. The minimum Gasteiger partial charge on any atom is -0.462 e. The quantitative estimate of drug-likeness (QED) is 0.641. The van der Waals surface area contributed by atoms with Gasteiger partial charge in [0.2, 0.25) is 0 Å². The lowest BCUT2D eigenvalue weighted by Gasteiger charge is -2.20. The minimum atomic E-state index is -4.43. The summed E-state index contributed by atoms with van der Waals surface area (Å²) in [6, 6.07) is 0. The van der Waals surface area contributed by atoms with E-state index >= 15 is 0 Å². The molecule has 0 radical (unpaired) electrons. The first-order valence-corrected chi connectivity index (χ1v) is 7.38. The van der Waals surface area contributed by atoms with Crippen LogP contribution in [0.25, 0.3) is 0 Å². The SMILES string of the molecule is CCOC(=O)c1cn[nH]c1S(=O)(=O)N(CCO)CC(F)F. The number of carbonyl (C=O) groups excluding carboxylic acids is 1. The molecule has 1 heterocycles. The molecular weight excluding hydrogens is 312 g/mol. The van der Waals surface area contributed by atoms with Crippen LogP contribution in [0, 0.1) is 0 Å². The number of aliphatic hydroxyl groups excluding tert-OH is 1. The summed E-state index contributed by atoms with van der Waals surface area (Å²) in [7, 11) is -4.43. The lowest BCUT2D eigenvalue weighted by Crippen LogP contribution is -2.38. The molecular formula is C10H15F2N3O5S. The Morgan fingerprint density at radius 2 is 2.24 bits per heavy atom. The number of carbonyl (C=O) groups is 1. The van der Waals surface area contributed by atoms with Gasteiger partial charge in [-0.15, -0.1) is 0 Å². The predicted molar refractivity (Wildman–Crippen MR) is 66.4 cm³/mol. The van der Waals surface area contributed by atoms with Crippen LogP contribution in [0.5, 0.6) is 0 Å². The van der Waals surface area contributed by atoms with Crippen LogP contribution < -0.4 is 0 Å². The number of aromatic nitrogens is 2. The number of sulfonamides is 1. The topological polar surface area (TPSA) is 113 Å². The number of alkyl halides is 2. The molecule has 120 valence electrons. The minimum absolute atomic E-state index is 0.0148. The number of H-pyrrole nitrogens is 1. The first-order valence-electron chi connectivity index (χ1n) is 5.94. The van der Waals surface area contributed by atoms with Crippen molar-refractivity contribution in [3.05, 3.63) is 11.8 Å². The number of halogens is 2.